The molecule has 0 spiro atoms. The number of esters is 1. The quantitative estimate of drug-likeness (QED) is 0.467. The van der Waals surface area contributed by atoms with Crippen molar-refractivity contribution in [2.75, 3.05) is 18.0 Å². The number of carbonyl (C=O) groups is 1. The molecule has 0 radical (unpaired) electrons. The number of nitrogens with zero attached hydrogens (tertiary/aromatic N) is 3. The maximum atomic E-state index is 12.5. The molecule has 3 heterocycles. The Kier molecular flexibility index (Phi) is 4.79. The summed E-state index contributed by atoms with van der Waals surface area (Å²) in [5.41, 5.74) is 4.14. The molecule has 1 fully saturated rings. The van der Waals surface area contributed by atoms with Crippen LogP contribution in [0.1, 0.15) is 36.0 Å². The molecule has 0 atom stereocenters. The topological polar surface area (TPSA) is 54.8 Å². The number of anilines is 1. The minimum absolute atomic E-state index is 0.306. The monoisotopic (exact) mass is 397 g/mol. The smallest absolute Gasteiger partial charge is 0.363 e. The van der Waals surface area contributed by atoms with Gasteiger partial charge in [-0.25, -0.2) is 14.8 Å². The Balaban J connectivity index is 1.61. The largest absolute Gasteiger partial charge is 0.402 e. The van der Waals surface area contributed by atoms with E-state index in [1.165, 1.54) is 12.0 Å². The first-order valence-corrected chi connectivity index (χ1v) is 10.4. The molecule has 0 unspecified atom stereocenters. The highest BCUT2D eigenvalue weighted by Gasteiger charge is 2.25. The molecule has 2 aliphatic rings. The van der Waals surface area contributed by atoms with Crippen LogP contribution in [0, 0.1) is 6.92 Å². The molecule has 1 saturated heterocycles. The van der Waals surface area contributed by atoms with E-state index < -0.39 is 5.97 Å². The van der Waals surface area contributed by atoms with Crippen LogP contribution in [0.15, 0.2) is 65.3 Å². The lowest BCUT2D eigenvalue weighted by Gasteiger charge is -2.29. The number of aliphatic imine (C=N–C) groups is 1. The lowest BCUT2D eigenvalue weighted by Crippen LogP contribution is -2.30. The first kappa shape index (κ1) is 18.6. The van der Waals surface area contributed by atoms with Gasteiger partial charge >= 0.3 is 5.97 Å². The van der Waals surface area contributed by atoms with Crippen molar-refractivity contribution in [1.82, 2.24) is 4.98 Å². The molecule has 5 nitrogen and oxygen atoms in total. The number of cyclic esters (lactones) is 1. The summed E-state index contributed by atoms with van der Waals surface area (Å²) in [6, 6.07) is 17.9. The molecule has 3 aromatic rings. The highest BCUT2D eigenvalue weighted by molar-refractivity contribution is 6.13. The van der Waals surface area contributed by atoms with E-state index in [1.807, 2.05) is 36.4 Å². The zero-order valence-corrected chi connectivity index (χ0v) is 17.0. The minimum atomic E-state index is -0.428. The van der Waals surface area contributed by atoms with Crippen molar-refractivity contribution < 1.29 is 9.53 Å². The number of fused-ring (bicyclic) bond motifs is 1. The second-order valence-corrected chi connectivity index (χ2v) is 7.85. The number of ether oxygens (including phenoxy) is 1. The number of benzene rings is 2. The SMILES string of the molecule is Cc1ccc2nc(N3CCCCC3)c(/C=C3\N=C(c4ccccc4)OC3=O)cc2c1. The summed E-state index contributed by atoms with van der Waals surface area (Å²) in [5, 5.41) is 1.06. The highest BCUT2D eigenvalue weighted by Crippen LogP contribution is 2.30. The van der Waals surface area contributed by atoms with E-state index in [1.54, 1.807) is 0 Å². The Morgan fingerprint density at radius 3 is 2.60 bits per heavy atom. The van der Waals surface area contributed by atoms with Gasteiger partial charge in [-0.1, -0.05) is 29.8 Å². The van der Waals surface area contributed by atoms with Gasteiger partial charge in [-0.2, -0.15) is 0 Å². The Bertz CT molecular complexity index is 1180. The van der Waals surface area contributed by atoms with Crippen molar-refractivity contribution in [3.05, 3.63) is 77.0 Å². The standard InChI is InChI=1S/C25H23N3O2/c1-17-10-11-21-19(14-17)15-20(23(26-21)28-12-6-3-7-13-28)16-22-25(29)30-24(27-22)18-8-4-2-5-9-18/h2,4-5,8-11,14-16H,3,6-7,12-13H2,1H3/b22-16-. The van der Waals surface area contributed by atoms with Crippen molar-refractivity contribution in [1.29, 1.82) is 0 Å². The molecule has 0 aliphatic carbocycles. The van der Waals surface area contributed by atoms with Gasteiger partial charge in [-0.05, 0) is 62.6 Å². The Morgan fingerprint density at radius 2 is 1.80 bits per heavy atom. The molecule has 0 bridgehead atoms. The van der Waals surface area contributed by atoms with E-state index >= 15 is 0 Å². The fourth-order valence-corrected chi connectivity index (χ4v) is 4.03. The number of carbonyl (C=O) groups excluding carboxylic acids is 1. The Morgan fingerprint density at radius 1 is 1.00 bits per heavy atom. The Hall–Kier alpha value is -3.47. The molecular formula is C25H23N3O2. The molecule has 5 heteroatoms. The fourth-order valence-electron chi connectivity index (χ4n) is 4.03. The van der Waals surface area contributed by atoms with Gasteiger partial charge in [-0.3, -0.25) is 0 Å². The van der Waals surface area contributed by atoms with Gasteiger partial charge in [0.2, 0.25) is 5.90 Å². The fraction of sp³-hybridized carbons (Fsp3) is 0.240. The average Bonchev–Trinajstić information content (AvgIpc) is 3.15. The van der Waals surface area contributed by atoms with Crippen molar-refractivity contribution in [2.45, 2.75) is 26.2 Å². The van der Waals surface area contributed by atoms with E-state index in [4.69, 9.17) is 9.72 Å². The molecule has 30 heavy (non-hydrogen) atoms. The van der Waals surface area contributed by atoms with Gasteiger partial charge in [-0.15, -0.1) is 0 Å². The van der Waals surface area contributed by atoms with Crippen LogP contribution >= 0.6 is 0 Å². The van der Waals surface area contributed by atoms with E-state index in [2.05, 4.69) is 41.1 Å². The van der Waals surface area contributed by atoms with Crippen LogP contribution in [0.2, 0.25) is 0 Å². The van der Waals surface area contributed by atoms with Crippen LogP contribution in [-0.2, 0) is 9.53 Å². The summed E-state index contributed by atoms with van der Waals surface area (Å²) in [6.45, 7) is 4.02. The van der Waals surface area contributed by atoms with E-state index in [0.29, 0.717) is 11.6 Å². The van der Waals surface area contributed by atoms with E-state index in [9.17, 15) is 4.79 Å². The third-order valence-corrected chi connectivity index (χ3v) is 5.57. The molecule has 150 valence electrons. The second kappa shape index (κ2) is 7.75. The predicted molar refractivity (Wildman–Crippen MR) is 120 cm³/mol. The van der Waals surface area contributed by atoms with Crippen LogP contribution in [0.4, 0.5) is 5.82 Å². The highest BCUT2D eigenvalue weighted by atomic mass is 16.6. The normalized spacial score (nSPS) is 18.0. The second-order valence-electron chi connectivity index (χ2n) is 7.85. The minimum Gasteiger partial charge on any atom is -0.402 e. The van der Waals surface area contributed by atoms with E-state index in [0.717, 1.165) is 53.8 Å². The van der Waals surface area contributed by atoms with Gasteiger partial charge in [0, 0.05) is 29.6 Å². The molecule has 2 aliphatic heterocycles. The molecular weight excluding hydrogens is 374 g/mol. The van der Waals surface area contributed by atoms with Crippen molar-refractivity contribution in [3.8, 4) is 0 Å². The Labute approximate surface area is 175 Å². The van der Waals surface area contributed by atoms with Crippen molar-refractivity contribution in [3.63, 3.8) is 0 Å². The van der Waals surface area contributed by atoms with Crippen LogP contribution in [0.25, 0.3) is 17.0 Å². The molecule has 1 aromatic heterocycles. The number of hydrogen-bond acceptors (Lipinski definition) is 5. The lowest BCUT2D eigenvalue weighted by atomic mass is 10.1. The van der Waals surface area contributed by atoms with Crippen molar-refractivity contribution in [2.24, 2.45) is 4.99 Å². The average molecular weight is 397 g/mol. The lowest BCUT2D eigenvalue weighted by molar-refractivity contribution is -0.129. The van der Waals surface area contributed by atoms with Gasteiger partial charge in [0.25, 0.3) is 0 Å². The molecule has 5 rings (SSSR count). The first-order chi connectivity index (χ1) is 14.7. The third-order valence-electron chi connectivity index (χ3n) is 5.57. The third kappa shape index (κ3) is 3.59. The van der Waals surface area contributed by atoms with E-state index in [-0.39, 0.29) is 0 Å². The summed E-state index contributed by atoms with van der Waals surface area (Å²) in [6.07, 6.45) is 5.37. The molecule has 0 amide bonds. The predicted octanol–water partition coefficient (Wildman–Crippen LogP) is 4.88. The van der Waals surface area contributed by atoms with Gasteiger partial charge in [0.05, 0.1) is 5.52 Å². The van der Waals surface area contributed by atoms with Crippen LogP contribution in [0.5, 0.6) is 0 Å². The summed E-state index contributed by atoms with van der Waals surface area (Å²) in [4.78, 5) is 24.3. The summed E-state index contributed by atoms with van der Waals surface area (Å²) in [7, 11) is 0. The summed E-state index contributed by atoms with van der Waals surface area (Å²) < 4.78 is 5.43. The van der Waals surface area contributed by atoms with Crippen LogP contribution < -0.4 is 4.90 Å². The maximum Gasteiger partial charge on any atom is 0.363 e. The number of pyridine rings is 1. The van der Waals surface area contributed by atoms with Gasteiger partial charge < -0.3 is 9.64 Å². The van der Waals surface area contributed by atoms with Gasteiger partial charge in [0.1, 0.15) is 5.82 Å². The number of rotatable bonds is 3. The number of hydrogen-bond donors (Lipinski definition) is 0. The number of aryl methyl sites for hydroxylation is 1. The van der Waals surface area contributed by atoms with Crippen LogP contribution in [0.3, 0.4) is 0 Å². The first-order valence-electron chi connectivity index (χ1n) is 10.4. The summed E-state index contributed by atoms with van der Waals surface area (Å²) in [5.74, 6) is 0.827. The zero-order valence-electron chi connectivity index (χ0n) is 17.0. The van der Waals surface area contributed by atoms with Crippen LogP contribution in [-0.4, -0.2) is 29.9 Å². The maximum absolute atomic E-state index is 12.5. The molecule has 2 aromatic carbocycles. The molecule has 0 saturated carbocycles. The number of aromatic nitrogens is 1. The van der Waals surface area contributed by atoms with Gasteiger partial charge in [0.15, 0.2) is 5.70 Å². The zero-order chi connectivity index (χ0) is 20.5. The number of piperidine rings is 1. The summed E-state index contributed by atoms with van der Waals surface area (Å²) >= 11 is 0. The van der Waals surface area contributed by atoms with Crippen molar-refractivity contribution >= 4 is 34.7 Å². The molecule has 0 N–H and O–H groups in total.